The van der Waals surface area contributed by atoms with Crippen molar-refractivity contribution in [1.82, 2.24) is 0 Å². The molecule has 1 aromatic heterocycles. The fourth-order valence-electron chi connectivity index (χ4n) is 12.4. The van der Waals surface area contributed by atoms with Crippen molar-refractivity contribution in [3.63, 3.8) is 0 Å². The van der Waals surface area contributed by atoms with Gasteiger partial charge in [-0.25, -0.2) is 0 Å². The van der Waals surface area contributed by atoms with Gasteiger partial charge < -0.3 is 9.32 Å². The number of rotatable bonds is 5. The molecule has 0 amide bonds. The van der Waals surface area contributed by atoms with E-state index in [2.05, 4.69) is 248 Å². The molecule has 0 aliphatic heterocycles. The van der Waals surface area contributed by atoms with Gasteiger partial charge in [0.25, 0.3) is 0 Å². The molecule has 0 radical (unpaired) electrons. The van der Waals surface area contributed by atoms with Crippen LogP contribution in [0.3, 0.4) is 0 Å². The minimum Gasteiger partial charge on any atom is -0.455 e. The Labute approximate surface area is 399 Å². The summed E-state index contributed by atoms with van der Waals surface area (Å²) in [6, 6.07) is 92.0. The Kier molecular flexibility index (Phi) is 8.02. The van der Waals surface area contributed by atoms with E-state index in [0.29, 0.717) is 0 Å². The summed E-state index contributed by atoms with van der Waals surface area (Å²) in [5.41, 5.74) is 19.6. The van der Waals surface area contributed by atoms with Gasteiger partial charge in [0.2, 0.25) is 0 Å². The van der Waals surface area contributed by atoms with Gasteiger partial charge in [0, 0.05) is 33.3 Å². The lowest BCUT2D eigenvalue weighted by atomic mass is 9.70. The van der Waals surface area contributed by atoms with Crippen LogP contribution >= 0.6 is 0 Å². The predicted molar refractivity (Wildman–Crippen MR) is 288 cm³/mol. The zero-order chi connectivity index (χ0) is 45.2. The molecule has 0 atom stereocenters. The van der Waals surface area contributed by atoms with E-state index in [1.165, 1.54) is 76.8 Å². The summed E-state index contributed by atoms with van der Waals surface area (Å²) in [5, 5.41) is 9.82. The largest absolute Gasteiger partial charge is 0.455 e. The number of furan rings is 1. The maximum absolute atomic E-state index is 6.50. The zero-order valence-corrected chi connectivity index (χ0v) is 37.5. The SMILES string of the molecule is c1cc(-c2ccc(N(c3ccc4c5ccccc5c5ccccc5c4c3)c3cccc4c3C3(c5ccccc5-c5ccccc53)c3ccccc3-4)cc2)cc(-c2cccc3c2oc2ccccc23)c1. The van der Waals surface area contributed by atoms with Gasteiger partial charge >= 0.3 is 0 Å². The monoisotopic (exact) mass is 875 g/mol. The summed E-state index contributed by atoms with van der Waals surface area (Å²) in [6.07, 6.45) is 0. The molecule has 0 fully saturated rings. The first kappa shape index (κ1) is 38.2. The van der Waals surface area contributed by atoms with Gasteiger partial charge in [0.05, 0.1) is 11.1 Å². The quantitative estimate of drug-likeness (QED) is 0.160. The predicted octanol–water partition coefficient (Wildman–Crippen LogP) is 18.2. The molecule has 2 aliphatic carbocycles. The number of anilines is 3. The Morgan fingerprint density at radius 3 is 1.45 bits per heavy atom. The van der Waals surface area contributed by atoms with Crippen molar-refractivity contribution in [2.75, 3.05) is 4.90 Å². The van der Waals surface area contributed by atoms with Crippen LogP contribution in [0.1, 0.15) is 22.3 Å². The van der Waals surface area contributed by atoms with Crippen molar-refractivity contribution in [2.24, 2.45) is 0 Å². The van der Waals surface area contributed by atoms with Gasteiger partial charge in [-0.05, 0) is 130 Å². The first-order valence-corrected chi connectivity index (χ1v) is 23.9. The van der Waals surface area contributed by atoms with Crippen molar-refractivity contribution in [3.8, 4) is 44.5 Å². The van der Waals surface area contributed by atoms with E-state index in [0.717, 1.165) is 61.3 Å². The van der Waals surface area contributed by atoms with Crippen LogP contribution in [0.4, 0.5) is 17.1 Å². The van der Waals surface area contributed by atoms with Crippen LogP contribution in [0.25, 0.3) is 98.8 Å². The average molecular weight is 876 g/mol. The van der Waals surface area contributed by atoms with Crippen LogP contribution in [0.15, 0.2) is 253 Å². The van der Waals surface area contributed by atoms with Gasteiger partial charge in [0.1, 0.15) is 11.2 Å². The van der Waals surface area contributed by atoms with Crippen molar-refractivity contribution in [1.29, 1.82) is 0 Å². The Bertz CT molecular complexity index is 4170. The zero-order valence-electron chi connectivity index (χ0n) is 37.5. The highest BCUT2D eigenvalue weighted by Crippen LogP contribution is 2.65. The molecule has 320 valence electrons. The molecule has 2 aliphatic rings. The van der Waals surface area contributed by atoms with Gasteiger partial charge in [-0.3, -0.25) is 0 Å². The third kappa shape index (κ3) is 5.31. The number of hydrogen-bond acceptors (Lipinski definition) is 2. The summed E-state index contributed by atoms with van der Waals surface area (Å²) in [4.78, 5) is 2.53. The highest BCUT2D eigenvalue weighted by atomic mass is 16.3. The summed E-state index contributed by atoms with van der Waals surface area (Å²) in [5.74, 6) is 0. The molecule has 13 aromatic rings. The van der Waals surface area contributed by atoms with E-state index in [9.17, 15) is 0 Å². The van der Waals surface area contributed by atoms with Crippen molar-refractivity contribution in [3.05, 3.63) is 271 Å². The lowest BCUT2D eigenvalue weighted by Gasteiger charge is -2.36. The van der Waals surface area contributed by atoms with E-state index in [-0.39, 0.29) is 0 Å². The van der Waals surface area contributed by atoms with E-state index >= 15 is 0 Å². The summed E-state index contributed by atoms with van der Waals surface area (Å²) in [6.45, 7) is 0. The third-order valence-electron chi connectivity index (χ3n) is 15.3. The summed E-state index contributed by atoms with van der Waals surface area (Å²) in [7, 11) is 0. The maximum Gasteiger partial charge on any atom is 0.143 e. The molecule has 69 heavy (non-hydrogen) atoms. The van der Waals surface area contributed by atoms with E-state index in [4.69, 9.17) is 4.42 Å². The molecule has 15 rings (SSSR count). The van der Waals surface area contributed by atoms with Crippen LogP contribution in [0.5, 0.6) is 0 Å². The molecule has 1 heterocycles. The molecule has 2 heteroatoms. The molecular formula is C67H41NO. The van der Waals surface area contributed by atoms with Gasteiger partial charge in [0.15, 0.2) is 0 Å². The standard InChI is InChI=1S/C67H41NO/c1-2-20-50-48(18-1)49-19-3-4-21-51(49)59-41-46(38-39-52(50)59)68(45-36-34-42(35-37-45)43-16-13-17-44(40-43)47-26-14-28-58-56-25-8-12-33-64(56)69-66(47)58)63-32-15-27-57-55-24-7-11-31-62(55)67(65(57)63)60-29-9-5-22-53(60)54-23-6-10-30-61(54)67/h1-41H. The molecule has 12 aromatic carbocycles. The second kappa shape index (κ2) is 14.5. The third-order valence-corrected chi connectivity index (χ3v) is 15.3. The van der Waals surface area contributed by atoms with Gasteiger partial charge in [-0.1, -0.05) is 206 Å². The van der Waals surface area contributed by atoms with E-state index in [1.54, 1.807) is 0 Å². The van der Waals surface area contributed by atoms with Crippen molar-refractivity contribution < 1.29 is 4.42 Å². The highest BCUT2D eigenvalue weighted by Gasteiger charge is 2.53. The minimum atomic E-state index is -0.531. The number of para-hydroxylation sites is 2. The van der Waals surface area contributed by atoms with E-state index < -0.39 is 5.41 Å². The Hall–Kier alpha value is -8.98. The average Bonchev–Trinajstić information content (AvgIpc) is 4.06. The normalized spacial score (nSPS) is 13.0. The van der Waals surface area contributed by atoms with E-state index in [1.807, 2.05) is 6.07 Å². The topological polar surface area (TPSA) is 16.4 Å². The van der Waals surface area contributed by atoms with Crippen LogP contribution in [0.2, 0.25) is 0 Å². The summed E-state index contributed by atoms with van der Waals surface area (Å²) < 4.78 is 6.50. The van der Waals surface area contributed by atoms with Crippen LogP contribution < -0.4 is 4.90 Å². The molecule has 0 unspecified atom stereocenters. The van der Waals surface area contributed by atoms with Gasteiger partial charge in [-0.15, -0.1) is 0 Å². The molecule has 2 nitrogen and oxygen atoms in total. The second-order valence-electron chi connectivity index (χ2n) is 18.7. The van der Waals surface area contributed by atoms with Crippen LogP contribution in [-0.2, 0) is 5.41 Å². The van der Waals surface area contributed by atoms with Crippen molar-refractivity contribution >= 4 is 71.3 Å². The lowest BCUT2D eigenvalue weighted by Crippen LogP contribution is -2.28. The summed E-state index contributed by atoms with van der Waals surface area (Å²) >= 11 is 0. The molecule has 0 saturated carbocycles. The number of fused-ring (bicyclic) bond motifs is 19. The minimum absolute atomic E-state index is 0.531. The Morgan fingerprint density at radius 2 is 0.768 bits per heavy atom. The smallest absolute Gasteiger partial charge is 0.143 e. The first-order chi connectivity index (χ1) is 34.2. The first-order valence-electron chi connectivity index (χ1n) is 23.9. The number of hydrogen-bond donors (Lipinski definition) is 0. The maximum atomic E-state index is 6.50. The Morgan fingerprint density at radius 1 is 0.290 bits per heavy atom. The van der Waals surface area contributed by atoms with Crippen LogP contribution in [0, 0.1) is 0 Å². The molecule has 0 saturated heterocycles. The van der Waals surface area contributed by atoms with Crippen molar-refractivity contribution in [2.45, 2.75) is 5.41 Å². The fraction of sp³-hybridized carbons (Fsp3) is 0.0149. The fourth-order valence-corrected chi connectivity index (χ4v) is 12.4. The van der Waals surface area contributed by atoms with Gasteiger partial charge in [-0.2, -0.15) is 0 Å². The molecular weight excluding hydrogens is 835 g/mol. The second-order valence-corrected chi connectivity index (χ2v) is 18.7. The van der Waals surface area contributed by atoms with Crippen LogP contribution in [-0.4, -0.2) is 0 Å². The number of benzene rings is 12. The highest BCUT2D eigenvalue weighted by molar-refractivity contribution is 6.26. The molecule has 1 spiro atoms. The number of nitrogens with zero attached hydrogens (tertiary/aromatic N) is 1. The Balaban J connectivity index is 0.959. The molecule has 0 N–H and O–H groups in total. The molecule has 0 bridgehead atoms. The lowest BCUT2D eigenvalue weighted by molar-refractivity contribution is 0.670.